The van der Waals surface area contributed by atoms with Gasteiger partial charge in [0.1, 0.15) is 5.75 Å². The Hall–Kier alpha value is -2.23. The number of nitrogens with one attached hydrogen (secondary N) is 1. The Balaban J connectivity index is 2.60. The Morgan fingerprint density at radius 1 is 1.13 bits per heavy atom. The van der Waals surface area contributed by atoms with Crippen LogP contribution < -0.4 is 11.3 Å². The molecule has 1 aromatic heterocycles. The summed E-state index contributed by atoms with van der Waals surface area (Å²) in [5.41, 5.74) is 6.34. The van der Waals surface area contributed by atoms with Crippen LogP contribution in [0.25, 0.3) is 11.3 Å². The maximum absolute atomic E-state index is 11.3. The summed E-state index contributed by atoms with van der Waals surface area (Å²) in [5.74, 6) is 0.123. The van der Waals surface area contributed by atoms with Crippen molar-refractivity contribution in [2.45, 2.75) is 0 Å². The minimum absolute atomic E-state index is 0.123. The molecule has 2 aromatic rings. The van der Waals surface area contributed by atoms with Gasteiger partial charge in [-0.05, 0) is 24.3 Å². The molecule has 1 heterocycles. The molecule has 4 nitrogen and oxygen atoms in total. The Kier molecular flexibility index (Phi) is 2.17. The van der Waals surface area contributed by atoms with Crippen molar-refractivity contribution in [2.24, 2.45) is 0 Å². The number of para-hydroxylation sites is 1. The maximum atomic E-state index is 11.3. The van der Waals surface area contributed by atoms with E-state index < -0.39 is 0 Å². The Bertz CT molecular complexity index is 546. The highest BCUT2D eigenvalue weighted by Gasteiger charge is 2.04. The first-order valence-electron chi connectivity index (χ1n) is 4.45. The number of aromatic nitrogens is 1. The fraction of sp³-hybridized carbons (Fsp3) is 0. The number of anilines is 1. The van der Waals surface area contributed by atoms with Gasteiger partial charge in [-0.25, -0.2) is 0 Å². The summed E-state index contributed by atoms with van der Waals surface area (Å²) in [6, 6.07) is 9.95. The van der Waals surface area contributed by atoms with E-state index in [1.807, 2.05) is 0 Å². The molecule has 0 saturated heterocycles. The summed E-state index contributed by atoms with van der Waals surface area (Å²) in [5, 5.41) is 9.57. The van der Waals surface area contributed by atoms with Crippen LogP contribution in [0, 0.1) is 0 Å². The number of aromatic hydroxyl groups is 1. The average molecular weight is 202 g/mol. The standard InChI is InChI=1S/C11H10N2O2/c12-8-5-6-9(13-11(8)15)7-3-1-2-4-10(7)14/h1-6,14H,12H2,(H,13,15). The summed E-state index contributed by atoms with van der Waals surface area (Å²) in [6.07, 6.45) is 0. The van der Waals surface area contributed by atoms with Crippen LogP contribution in [0.3, 0.4) is 0 Å². The van der Waals surface area contributed by atoms with Crippen molar-refractivity contribution in [2.75, 3.05) is 5.73 Å². The van der Waals surface area contributed by atoms with E-state index >= 15 is 0 Å². The van der Waals surface area contributed by atoms with Crippen molar-refractivity contribution in [1.29, 1.82) is 0 Å². The van der Waals surface area contributed by atoms with Gasteiger partial charge >= 0.3 is 0 Å². The first-order valence-corrected chi connectivity index (χ1v) is 4.45. The van der Waals surface area contributed by atoms with Crippen LogP contribution in [-0.2, 0) is 0 Å². The van der Waals surface area contributed by atoms with Crippen LogP contribution in [0.1, 0.15) is 0 Å². The van der Waals surface area contributed by atoms with Gasteiger partial charge in [-0.15, -0.1) is 0 Å². The van der Waals surface area contributed by atoms with Gasteiger partial charge in [0.25, 0.3) is 5.56 Å². The van der Waals surface area contributed by atoms with Gasteiger partial charge in [-0.2, -0.15) is 0 Å². The highest BCUT2D eigenvalue weighted by molar-refractivity contribution is 5.67. The number of hydrogen-bond acceptors (Lipinski definition) is 3. The molecule has 76 valence electrons. The van der Waals surface area contributed by atoms with Crippen LogP contribution in [-0.4, -0.2) is 10.1 Å². The van der Waals surface area contributed by atoms with Gasteiger partial charge in [-0.3, -0.25) is 4.79 Å². The molecule has 2 rings (SSSR count). The summed E-state index contributed by atoms with van der Waals surface area (Å²) >= 11 is 0. The number of rotatable bonds is 1. The molecule has 0 radical (unpaired) electrons. The maximum Gasteiger partial charge on any atom is 0.271 e. The van der Waals surface area contributed by atoms with E-state index in [0.29, 0.717) is 11.3 Å². The van der Waals surface area contributed by atoms with E-state index in [0.717, 1.165) is 0 Å². The first kappa shape index (κ1) is 9.33. The van der Waals surface area contributed by atoms with Gasteiger partial charge in [0.2, 0.25) is 0 Å². The van der Waals surface area contributed by atoms with Gasteiger partial charge < -0.3 is 15.8 Å². The summed E-state index contributed by atoms with van der Waals surface area (Å²) in [7, 11) is 0. The monoisotopic (exact) mass is 202 g/mol. The molecule has 0 unspecified atom stereocenters. The van der Waals surface area contributed by atoms with Crippen LogP contribution in [0.5, 0.6) is 5.75 Å². The van der Waals surface area contributed by atoms with E-state index in [-0.39, 0.29) is 17.0 Å². The molecule has 15 heavy (non-hydrogen) atoms. The number of H-pyrrole nitrogens is 1. The van der Waals surface area contributed by atoms with E-state index in [2.05, 4.69) is 4.98 Å². The minimum atomic E-state index is -0.351. The first-order chi connectivity index (χ1) is 7.18. The SMILES string of the molecule is Nc1ccc(-c2ccccc2O)[nH]c1=O. The van der Waals surface area contributed by atoms with Gasteiger partial charge in [0.05, 0.1) is 11.4 Å². The lowest BCUT2D eigenvalue weighted by Crippen LogP contribution is -2.11. The number of nitrogen functional groups attached to an aromatic ring is 1. The van der Waals surface area contributed by atoms with Crippen molar-refractivity contribution in [3.05, 3.63) is 46.8 Å². The molecule has 0 aliphatic carbocycles. The van der Waals surface area contributed by atoms with Gasteiger partial charge in [0, 0.05) is 5.56 Å². The van der Waals surface area contributed by atoms with Crippen molar-refractivity contribution in [1.82, 2.24) is 4.98 Å². The topological polar surface area (TPSA) is 79.1 Å². The Labute approximate surface area is 86.0 Å². The quantitative estimate of drug-likeness (QED) is 0.652. The average Bonchev–Trinajstić information content (AvgIpc) is 2.23. The number of phenolic OH excluding ortho intramolecular Hbond substituents is 1. The fourth-order valence-electron chi connectivity index (χ4n) is 1.34. The molecular formula is C11H10N2O2. The fourth-order valence-corrected chi connectivity index (χ4v) is 1.34. The number of benzene rings is 1. The molecule has 1 aromatic carbocycles. The molecular weight excluding hydrogens is 192 g/mol. The van der Waals surface area contributed by atoms with Crippen LogP contribution >= 0.6 is 0 Å². The zero-order chi connectivity index (χ0) is 10.8. The van der Waals surface area contributed by atoms with E-state index in [9.17, 15) is 9.90 Å². The van der Waals surface area contributed by atoms with Crippen molar-refractivity contribution >= 4 is 5.69 Å². The van der Waals surface area contributed by atoms with Gasteiger partial charge in [-0.1, -0.05) is 12.1 Å². The van der Waals surface area contributed by atoms with Crippen LogP contribution in [0.2, 0.25) is 0 Å². The van der Waals surface area contributed by atoms with Crippen LogP contribution in [0.4, 0.5) is 5.69 Å². The smallest absolute Gasteiger partial charge is 0.271 e. The summed E-state index contributed by atoms with van der Waals surface area (Å²) in [6.45, 7) is 0. The number of pyridine rings is 1. The third-order valence-electron chi connectivity index (χ3n) is 2.13. The lowest BCUT2D eigenvalue weighted by Gasteiger charge is -2.04. The predicted molar refractivity (Wildman–Crippen MR) is 58.6 cm³/mol. The zero-order valence-electron chi connectivity index (χ0n) is 7.90. The minimum Gasteiger partial charge on any atom is -0.507 e. The second-order valence-corrected chi connectivity index (χ2v) is 3.17. The molecule has 0 aliphatic heterocycles. The molecule has 4 N–H and O–H groups in total. The van der Waals surface area contributed by atoms with E-state index in [1.54, 1.807) is 30.3 Å². The lowest BCUT2D eigenvalue weighted by molar-refractivity contribution is 0.477. The molecule has 0 spiro atoms. The summed E-state index contributed by atoms with van der Waals surface area (Å²) < 4.78 is 0. The number of aromatic amines is 1. The Morgan fingerprint density at radius 2 is 1.87 bits per heavy atom. The molecule has 4 heteroatoms. The highest BCUT2D eigenvalue weighted by atomic mass is 16.3. The lowest BCUT2D eigenvalue weighted by atomic mass is 10.1. The summed E-state index contributed by atoms with van der Waals surface area (Å²) in [4.78, 5) is 13.9. The third-order valence-corrected chi connectivity index (χ3v) is 2.13. The van der Waals surface area contributed by atoms with Crippen LogP contribution in [0.15, 0.2) is 41.2 Å². The Morgan fingerprint density at radius 3 is 2.53 bits per heavy atom. The molecule has 0 aliphatic rings. The molecule has 0 saturated carbocycles. The normalized spacial score (nSPS) is 10.1. The van der Waals surface area contributed by atoms with E-state index in [1.165, 1.54) is 6.07 Å². The highest BCUT2D eigenvalue weighted by Crippen LogP contribution is 2.26. The van der Waals surface area contributed by atoms with Crippen molar-refractivity contribution in [3.8, 4) is 17.0 Å². The second-order valence-electron chi connectivity index (χ2n) is 3.17. The zero-order valence-corrected chi connectivity index (χ0v) is 7.90. The molecule has 0 bridgehead atoms. The number of hydrogen-bond donors (Lipinski definition) is 3. The third kappa shape index (κ3) is 1.69. The number of phenols is 1. The largest absolute Gasteiger partial charge is 0.507 e. The predicted octanol–water partition coefficient (Wildman–Crippen LogP) is 1.33. The van der Waals surface area contributed by atoms with Gasteiger partial charge in [0.15, 0.2) is 0 Å². The molecule has 0 amide bonds. The molecule has 0 atom stereocenters. The molecule has 0 fully saturated rings. The second kappa shape index (κ2) is 3.49. The van der Waals surface area contributed by atoms with Crippen molar-refractivity contribution in [3.63, 3.8) is 0 Å². The van der Waals surface area contributed by atoms with E-state index in [4.69, 9.17) is 5.73 Å². The number of nitrogens with two attached hydrogens (primary N) is 1. The van der Waals surface area contributed by atoms with Crippen molar-refractivity contribution < 1.29 is 5.11 Å².